The second kappa shape index (κ2) is 8.32. The third kappa shape index (κ3) is 4.10. The molecule has 0 bridgehead atoms. The Labute approximate surface area is 161 Å². The number of piperazine rings is 1. The Morgan fingerprint density at radius 2 is 1.75 bits per heavy atom. The van der Waals surface area contributed by atoms with E-state index in [2.05, 4.69) is 10.6 Å². The van der Waals surface area contributed by atoms with Crippen LogP contribution < -0.4 is 25.0 Å². The molecule has 0 unspecified atom stereocenters. The second-order valence-electron chi connectivity index (χ2n) is 6.59. The van der Waals surface area contributed by atoms with Crippen LogP contribution in [-0.2, 0) is 9.59 Å². The van der Waals surface area contributed by atoms with Crippen LogP contribution in [0.4, 0.5) is 14.9 Å². The van der Waals surface area contributed by atoms with Gasteiger partial charge in [0.05, 0.1) is 14.2 Å². The van der Waals surface area contributed by atoms with E-state index < -0.39 is 23.8 Å². The predicted molar refractivity (Wildman–Crippen MR) is 98.0 cm³/mol. The number of ether oxygens (including phenoxy) is 2. The highest BCUT2D eigenvalue weighted by atomic mass is 19.1. The largest absolute Gasteiger partial charge is 0.493 e. The number of hydrogen-bond acceptors (Lipinski definition) is 6. The normalized spacial score (nSPS) is 19.3. The number of carbonyl (C=O) groups is 3. The van der Waals surface area contributed by atoms with E-state index in [9.17, 15) is 18.8 Å². The molecule has 28 heavy (non-hydrogen) atoms. The summed E-state index contributed by atoms with van der Waals surface area (Å²) in [6.45, 7) is 2.16. The molecule has 10 heteroatoms. The summed E-state index contributed by atoms with van der Waals surface area (Å²) < 4.78 is 24.2. The summed E-state index contributed by atoms with van der Waals surface area (Å²) in [5.41, 5.74) is 0.757. The van der Waals surface area contributed by atoms with Crippen molar-refractivity contribution in [3.05, 3.63) is 17.9 Å². The average Bonchev–Trinajstić information content (AvgIpc) is 3.03. The Hall–Kier alpha value is -3.04. The number of nitrogens with one attached hydrogen (secondary N) is 2. The van der Waals surface area contributed by atoms with E-state index >= 15 is 0 Å². The van der Waals surface area contributed by atoms with Crippen molar-refractivity contribution in [1.82, 2.24) is 15.5 Å². The fourth-order valence-corrected chi connectivity index (χ4v) is 3.34. The van der Waals surface area contributed by atoms with Crippen molar-refractivity contribution in [2.45, 2.75) is 18.9 Å². The second-order valence-corrected chi connectivity index (χ2v) is 6.59. The standard InChI is InChI=1S/C18H23FN4O5/c1-27-13-9-11(10-14(28-2)16(13)19)22-5-7-23(8-6-22)15(24)4-3-12-17(25)21-18(26)20-12/h9-10,12H,3-8H2,1-2H3,(H2,20,21,25,26)/t12-/m1/s1. The third-order valence-corrected chi connectivity index (χ3v) is 4.93. The number of urea groups is 1. The van der Waals surface area contributed by atoms with Crippen LogP contribution in [0.3, 0.4) is 0 Å². The van der Waals surface area contributed by atoms with Crippen molar-refractivity contribution in [3.8, 4) is 11.5 Å². The Morgan fingerprint density at radius 1 is 1.14 bits per heavy atom. The molecule has 2 aliphatic heterocycles. The van der Waals surface area contributed by atoms with Gasteiger partial charge in [-0.05, 0) is 6.42 Å². The maximum Gasteiger partial charge on any atom is 0.322 e. The van der Waals surface area contributed by atoms with Gasteiger partial charge in [0.2, 0.25) is 11.7 Å². The van der Waals surface area contributed by atoms with Crippen LogP contribution in [0.5, 0.6) is 11.5 Å². The van der Waals surface area contributed by atoms with Crippen molar-refractivity contribution < 1.29 is 28.2 Å². The van der Waals surface area contributed by atoms with Gasteiger partial charge in [0, 0.05) is 50.4 Å². The van der Waals surface area contributed by atoms with E-state index in [-0.39, 0.29) is 30.2 Å². The number of nitrogens with zero attached hydrogens (tertiary/aromatic N) is 2. The number of hydrogen-bond donors (Lipinski definition) is 2. The number of carbonyl (C=O) groups excluding carboxylic acids is 3. The molecule has 0 aliphatic carbocycles. The zero-order valence-corrected chi connectivity index (χ0v) is 15.8. The molecule has 9 nitrogen and oxygen atoms in total. The lowest BCUT2D eigenvalue weighted by molar-refractivity contribution is -0.131. The zero-order valence-electron chi connectivity index (χ0n) is 15.8. The van der Waals surface area contributed by atoms with Crippen LogP contribution in [0.15, 0.2) is 12.1 Å². The number of halogens is 1. The highest BCUT2D eigenvalue weighted by Gasteiger charge is 2.30. The molecule has 1 aromatic carbocycles. The number of methoxy groups -OCH3 is 2. The van der Waals surface area contributed by atoms with Gasteiger partial charge in [0.1, 0.15) is 6.04 Å². The minimum atomic E-state index is -0.656. The maximum absolute atomic E-state index is 14.1. The van der Waals surface area contributed by atoms with Crippen molar-refractivity contribution in [2.75, 3.05) is 45.3 Å². The third-order valence-electron chi connectivity index (χ3n) is 4.93. The molecule has 152 valence electrons. The highest BCUT2D eigenvalue weighted by molar-refractivity contribution is 6.04. The van der Waals surface area contributed by atoms with Crippen molar-refractivity contribution in [1.29, 1.82) is 0 Å². The molecule has 0 aromatic heterocycles. The monoisotopic (exact) mass is 394 g/mol. The summed E-state index contributed by atoms with van der Waals surface area (Å²) in [6, 6.07) is 2.03. The molecule has 1 atom stereocenters. The number of imide groups is 1. The number of rotatable bonds is 6. The number of amides is 4. The minimum Gasteiger partial charge on any atom is -0.493 e. The SMILES string of the molecule is COc1cc(N2CCN(C(=O)CC[C@H]3NC(=O)NC3=O)CC2)cc(OC)c1F. The van der Waals surface area contributed by atoms with E-state index in [1.165, 1.54) is 14.2 Å². The first kappa shape index (κ1) is 19.7. The van der Waals surface area contributed by atoms with Gasteiger partial charge < -0.3 is 24.6 Å². The molecule has 0 spiro atoms. The molecule has 2 N–H and O–H groups in total. The van der Waals surface area contributed by atoms with Gasteiger partial charge in [-0.25, -0.2) is 4.79 Å². The molecule has 2 fully saturated rings. The summed E-state index contributed by atoms with van der Waals surface area (Å²) in [6.07, 6.45) is 0.444. The van der Waals surface area contributed by atoms with E-state index in [0.29, 0.717) is 26.2 Å². The van der Waals surface area contributed by atoms with E-state index in [4.69, 9.17) is 9.47 Å². The topological polar surface area (TPSA) is 100 Å². The predicted octanol–water partition coefficient (Wildman–Crippen LogP) is 0.480. The summed E-state index contributed by atoms with van der Waals surface area (Å²) in [7, 11) is 2.79. The van der Waals surface area contributed by atoms with Crippen LogP contribution >= 0.6 is 0 Å². The molecule has 1 aromatic rings. The quantitative estimate of drug-likeness (QED) is 0.681. The number of anilines is 1. The fourth-order valence-electron chi connectivity index (χ4n) is 3.34. The Morgan fingerprint density at radius 3 is 2.25 bits per heavy atom. The summed E-state index contributed by atoms with van der Waals surface area (Å²) in [4.78, 5) is 38.8. The Bertz CT molecular complexity index is 754. The van der Waals surface area contributed by atoms with E-state index in [0.717, 1.165) is 5.69 Å². The van der Waals surface area contributed by atoms with Gasteiger partial charge >= 0.3 is 6.03 Å². The molecule has 0 saturated carbocycles. The Balaban J connectivity index is 1.55. The average molecular weight is 394 g/mol. The molecule has 0 radical (unpaired) electrons. The van der Waals surface area contributed by atoms with Crippen LogP contribution in [0.1, 0.15) is 12.8 Å². The first-order chi connectivity index (χ1) is 13.4. The lowest BCUT2D eigenvalue weighted by atomic mass is 10.1. The number of benzene rings is 1. The van der Waals surface area contributed by atoms with E-state index in [1.54, 1.807) is 17.0 Å². The van der Waals surface area contributed by atoms with Crippen molar-refractivity contribution in [2.24, 2.45) is 0 Å². The van der Waals surface area contributed by atoms with Crippen LogP contribution in [0.25, 0.3) is 0 Å². The summed E-state index contributed by atoms with van der Waals surface area (Å²) in [5.74, 6) is -0.815. The van der Waals surface area contributed by atoms with Gasteiger partial charge in [-0.1, -0.05) is 0 Å². The molecule has 2 aliphatic rings. The van der Waals surface area contributed by atoms with Crippen molar-refractivity contribution in [3.63, 3.8) is 0 Å². The maximum atomic E-state index is 14.1. The zero-order chi connectivity index (χ0) is 20.3. The minimum absolute atomic E-state index is 0.0668. The molecular weight excluding hydrogens is 371 g/mol. The summed E-state index contributed by atoms with van der Waals surface area (Å²) in [5, 5.41) is 4.63. The van der Waals surface area contributed by atoms with Gasteiger partial charge in [0.25, 0.3) is 5.91 Å². The smallest absolute Gasteiger partial charge is 0.322 e. The summed E-state index contributed by atoms with van der Waals surface area (Å²) >= 11 is 0. The van der Waals surface area contributed by atoms with Crippen LogP contribution in [-0.4, -0.2) is 69.2 Å². The highest BCUT2D eigenvalue weighted by Crippen LogP contribution is 2.33. The van der Waals surface area contributed by atoms with Crippen LogP contribution in [0, 0.1) is 5.82 Å². The van der Waals surface area contributed by atoms with Crippen LogP contribution in [0.2, 0.25) is 0 Å². The molecule has 3 rings (SSSR count). The van der Waals surface area contributed by atoms with Crippen molar-refractivity contribution >= 4 is 23.5 Å². The molecule has 4 amide bonds. The van der Waals surface area contributed by atoms with Gasteiger partial charge in [-0.3, -0.25) is 14.9 Å². The Kier molecular flexibility index (Phi) is 5.86. The van der Waals surface area contributed by atoms with Gasteiger partial charge in [-0.15, -0.1) is 0 Å². The lowest BCUT2D eigenvalue weighted by Crippen LogP contribution is -2.49. The first-order valence-electron chi connectivity index (χ1n) is 8.98. The molecular formula is C18H23FN4O5. The first-order valence-corrected chi connectivity index (χ1v) is 8.98. The molecule has 2 heterocycles. The lowest BCUT2D eigenvalue weighted by Gasteiger charge is -2.36. The van der Waals surface area contributed by atoms with Gasteiger partial charge in [0.15, 0.2) is 11.5 Å². The fraction of sp³-hybridized carbons (Fsp3) is 0.500. The van der Waals surface area contributed by atoms with Gasteiger partial charge in [-0.2, -0.15) is 4.39 Å². The van der Waals surface area contributed by atoms with E-state index in [1.807, 2.05) is 4.90 Å². The molecule has 2 saturated heterocycles.